The summed E-state index contributed by atoms with van der Waals surface area (Å²) < 4.78 is 11.1. The fourth-order valence-corrected chi connectivity index (χ4v) is 3.34. The minimum Gasteiger partial charge on any atom is -0.493 e. The molecule has 2 aromatic rings. The Morgan fingerprint density at radius 3 is 2.55 bits per heavy atom. The van der Waals surface area contributed by atoms with Crippen LogP contribution in [0.5, 0.6) is 17.2 Å². The van der Waals surface area contributed by atoms with Crippen molar-refractivity contribution in [2.45, 2.75) is 0 Å². The Morgan fingerprint density at radius 1 is 1.21 bits per heavy atom. The second kappa shape index (κ2) is 8.50. The Balaban J connectivity index is 1.87. The molecule has 0 unspecified atom stereocenters. The second-order valence-corrected chi connectivity index (χ2v) is 6.73. The molecule has 1 saturated heterocycles. The van der Waals surface area contributed by atoms with Gasteiger partial charge in [0.2, 0.25) is 0 Å². The molecule has 2 aromatic carbocycles. The van der Waals surface area contributed by atoms with Gasteiger partial charge in [-0.3, -0.25) is 24.6 Å². The number of rotatable bonds is 6. The number of amides is 2. The lowest BCUT2D eigenvalue weighted by atomic mass is 10.2. The fourth-order valence-electron chi connectivity index (χ4n) is 2.50. The number of carbonyl (C=O) groups excluding carboxylic acids is 2. The molecule has 1 fully saturated rings. The highest BCUT2D eigenvalue weighted by atomic mass is 32.2. The summed E-state index contributed by atoms with van der Waals surface area (Å²) in [5.41, 5.74) is 0.551. The van der Waals surface area contributed by atoms with Gasteiger partial charge in [-0.25, -0.2) is 0 Å². The summed E-state index contributed by atoms with van der Waals surface area (Å²) in [6.45, 7) is -0.0842. The zero-order chi connectivity index (χ0) is 21.0. The van der Waals surface area contributed by atoms with Crippen molar-refractivity contribution in [2.24, 2.45) is 0 Å². The number of nitro benzene ring substituents is 1. The first-order chi connectivity index (χ1) is 13.9. The molecule has 0 atom stereocenters. The Kier molecular flexibility index (Phi) is 5.85. The molecule has 3 rings (SSSR count). The van der Waals surface area contributed by atoms with Crippen molar-refractivity contribution >= 4 is 34.7 Å². The largest absolute Gasteiger partial charge is 0.493 e. The summed E-state index contributed by atoms with van der Waals surface area (Å²) in [5, 5.41) is 10.3. The van der Waals surface area contributed by atoms with Crippen molar-refractivity contribution in [2.75, 3.05) is 13.7 Å². The molecular formula is C20H14N2O6S. The van der Waals surface area contributed by atoms with Crippen molar-refractivity contribution in [3.05, 3.63) is 63.0 Å². The van der Waals surface area contributed by atoms with Crippen molar-refractivity contribution in [1.29, 1.82) is 0 Å². The number of imide groups is 1. The zero-order valence-corrected chi connectivity index (χ0v) is 16.0. The van der Waals surface area contributed by atoms with Crippen molar-refractivity contribution < 1.29 is 24.0 Å². The average molecular weight is 410 g/mol. The Labute approximate surface area is 170 Å². The number of ether oxygens (including phenoxy) is 2. The third kappa shape index (κ3) is 4.39. The number of benzene rings is 2. The van der Waals surface area contributed by atoms with Crippen LogP contribution in [0.4, 0.5) is 10.5 Å². The number of nitro groups is 1. The van der Waals surface area contributed by atoms with Gasteiger partial charge in [0, 0.05) is 12.1 Å². The molecule has 0 bridgehead atoms. The maximum Gasteiger partial charge on any atom is 0.294 e. The van der Waals surface area contributed by atoms with Crippen molar-refractivity contribution in [3.8, 4) is 29.6 Å². The van der Waals surface area contributed by atoms with Crippen LogP contribution in [0.15, 0.2) is 47.4 Å². The first kappa shape index (κ1) is 20.0. The maximum atomic E-state index is 12.3. The van der Waals surface area contributed by atoms with E-state index in [9.17, 15) is 19.7 Å². The number of methoxy groups -OCH3 is 1. The standard InChI is InChI=1S/C20H14N2O6S/c1-3-10-21-19(23)18(29-20(21)24)12-13-4-9-16(27-2)17(11-13)28-15-7-5-14(6-8-15)22(25)26/h1,4-9,11-12H,10H2,2H3/b18-12-. The highest BCUT2D eigenvalue weighted by Gasteiger charge is 2.34. The minimum atomic E-state index is -0.502. The number of hydrogen-bond acceptors (Lipinski definition) is 7. The lowest BCUT2D eigenvalue weighted by molar-refractivity contribution is -0.384. The summed E-state index contributed by atoms with van der Waals surface area (Å²) in [7, 11) is 1.48. The van der Waals surface area contributed by atoms with E-state index in [4.69, 9.17) is 15.9 Å². The first-order valence-electron chi connectivity index (χ1n) is 8.22. The van der Waals surface area contributed by atoms with E-state index in [0.717, 1.165) is 16.7 Å². The van der Waals surface area contributed by atoms with Gasteiger partial charge in [-0.05, 0) is 47.7 Å². The van der Waals surface area contributed by atoms with Crippen LogP contribution in [0, 0.1) is 22.5 Å². The molecule has 0 saturated carbocycles. The van der Waals surface area contributed by atoms with Crippen LogP contribution in [0.1, 0.15) is 5.56 Å². The van der Waals surface area contributed by atoms with Crippen molar-refractivity contribution in [1.82, 2.24) is 4.90 Å². The highest BCUT2D eigenvalue weighted by molar-refractivity contribution is 8.18. The molecule has 8 nitrogen and oxygen atoms in total. The minimum absolute atomic E-state index is 0.0549. The molecule has 0 radical (unpaired) electrons. The number of thioether (sulfide) groups is 1. The topological polar surface area (TPSA) is 99.0 Å². The summed E-state index contributed by atoms with van der Waals surface area (Å²) in [5.74, 6) is 2.98. The Morgan fingerprint density at radius 2 is 1.93 bits per heavy atom. The summed E-state index contributed by atoms with van der Waals surface area (Å²) in [6.07, 6.45) is 6.75. The quantitative estimate of drug-likeness (QED) is 0.306. The molecule has 29 heavy (non-hydrogen) atoms. The van der Waals surface area contributed by atoms with E-state index < -0.39 is 16.1 Å². The van der Waals surface area contributed by atoms with Gasteiger partial charge in [0.1, 0.15) is 5.75 Å². The normalized spacial score (nSPS) is 14.8. The predicted octanol–water partition coefficient (Wildman–Crippen LogP) is 4.07. The summed E-state index contributed by atoms with van der Waals surface area (Å²) in [6, 6.07) is 10.6. The fraction of sp³-hybridized carbons (Fsp3) is 0.100. The molecule has 1 aliphatic heterocycles. The molecule has 0 aromatic heterocycles. The third-order valence-electron chi connectivity index (χ3n) is 3.88. The molecule has 0 aliphatic carbocycles. The van der Waals surface area contributed by atoms with Gasteiger partial charge in [-0.1, -0.05) is 12.0 Å². The van der Waals surface area contributed by atoms with Gasteiger partial charge in [0.05, 0.1) is 23.5 Å². The second-order valence-electron chi connectivity index (χ2n) is 5.74. The zero-order valence-electron chi connectivity index (χ0n) is 15.2. The van der Waals surface area contributed by atoms with Gasteiger partial charge in [0.25, 0.3) is 16.8 Å². The van der Waals surface area contributed by atoms with Gasteiger partial charge in [0.15, 0.2) is 11.5 Å². The van der Waals surface area contributed by atoms with E-state index in [1.165, 1.54) is 31.4 Å². The van der Waals surface area contributed by atoms with E-state index in [0.29, 0.717) is 22.8 Å². The van der Waals surface area contributed by atoms with Crippen LogP contribution in [-0.4, -0.2) is 34.6 Å². The van der Waals surface area contributed by atoms with Crippen LogP contribution >= 0.6 is 11.8 Å². The molecule has 1 aliphatic rings. The number of hydrogen-bond donors (Lipinski definition) is 0. The molecule has 2 amide bonds. The van der Waals surface area contributed by atoms with Crippen LogP contribution in [0.3, 0.4) is 0 Å². The van der Waals surface area contributed by atoms with Gasteiger partial charge in [-0.15, -0.1) is 6.42 Å². The molecule has 9 heteroatoms. The monoisotopic (exact) mass is 410 g/mol. The molecule has 146 valence electrons. The van der Waals surface area contributed by atoms with Crippen LogP contribution < -0.4 is 9.47 Å². The van der Waals surface area contributed by atoms with E-state index >= 15 is 0 Å². The Bertz CT molecular complexity index is 1060. The molecule has 1 heterocycles. The molecular weight excluding hydrogens is 396 g/mol. The number of terminal acetylenes is 1. The lowest BCUT2D eigenvalue weighted by Crippen LogP contribution is -2.28. The Hall–Kier alpha value is -3.77. The van der Waals surface area contributed by atoms with E-state index in [1.807, 2.05) is 0 Å². The van der Waals surface area contributed by atoms with Crippen LogP contribution in [-0.2, 0) is 4.79 Å². The number of non-ortho nitro benzene ring substituents is 1. The maximum absolute atomic E-state index is 12.3. The lowest BCUT2D eigenvalue weighted by Gasteiger charge is -2.11. The van der Waals surface area contributed by atoms with Gasteiger partial charge < -0.3 is 9.47 Å². The smallest absolute Gasteiger partial charge is 0.294 e. The first-order valence-corrected chi connectivity index (χ1v) is 9.03. The number of carbonyl (C=O) groups is 2. The average Bonchev–Trinajstić information content (AvgIpc) is 2.96. The van der Waals surface area contributed by atoms with E-state index in [2.05, 4.69) is 5.92 Å². The molecule has 0 N–H and O–H groups in total. The van der Waals surface area contributed by atoms with Gasteiger partial charge >= 0.3 is 0 Å². The van der Waals surface area contributed by atoms with Gasteiger partial charge in [-0.2, -0.15) is 0 Å². The summed E-state index contributed by atoms with van der Waals surface area (Å²) in [4.78, 5) is 35.7. The summed E-state index contributed by atoms with van der Waals surface area (Å²) >= 11 is 0.808. The highest BCUT2D eigenvalue weighted by Crippen LogP contribution is 2.36. The SMILES string of the molecule is C#CCN1C(=O)S/C(=C\c2ccc(OC)c(Oc3ccc([N+](=O)[O-])cc3)c2)C1=O. The van der Waals surface area contributed by atoms with E-state index in [-0.39, 0.29) is 17.1 Å². The van der Waals surface area contributed by atoms with Crippen LogP contribution in [0.25, 0.3) is 6.08 Å². The predicted molar refractivity (Wildman–Crippen MR) is 108 cm³/mol. The third-order valence-corrected chi connectivity index (χ3v) is 4.79. The number of nitrogens with zero attached hydrogens (tertiary/aromatic N) is 2. The van der Waals surface area contributed by atoms with E-state index in [1.54, 1.807) is 24.3 Å². The molecule has 0 spiro atoms. The van der Waals surface area contributed by atoms with Crippen molar-refractivity contribution in [3.63, 3.8) is 0 Å². The van der Waals surface area contributed by atoms with Crippen LogP contribution in [0.2, 0.25) is 0 Å².